The molecule has 0 atom stereocenters. The van der Waals surface area contributed by atoms with E-state index in [1.54, 1.807) is 24.3 Å². The molecule has 1 aromatic heterocycles. The fourth-order valence-corrected chi connectivity index (χ4v) is 4.90. The third-order valence-electron chi connectivity index (χ3n) is 4.65. The molecular weight excluding hydrogens is 454 g/mol. The van der Waals surface area contributed by atoms with E-state index in [-0.39, 0.29) is 10.8 Å². The maximum atomic E-state index is 13.1. The number of nitrogens with two attached hydrogens (primary N) is 1. The highest BCUT2D eigenvalue weighted by molar-refractivity contribution is 7.89. The van der Waals surface area contributed by atoms with E-state index in [0.29, 0.717) is 28.8 Å². The van der Waals surface area contributed by atoms with Gasteiger partial charge in [0, 0.05) is 23.7 Å². The summed E-state index contributed by atoms with van der Waals surface area (Å²) in [6.45, 7) is 5.41. The molecule has 2 aromatic carbocycles. The summed E-state index contributed by atoms with van der Waals surface area (Å²) in [5, 5.41) is 6.22. The van der Waals surface area contributed by atoms with Crippen LogP contribution in [0.1, 0.15) is 36.5 Å². The molecule has 6 nitrogen and oxygen atoms in total. The molecule has 0 saturated carbocycles. The minimum Gasteiger partial charge on any atom is -0.337 e. The molecule has 9 heteroatoms. The molecule has 2 N–H and O–H groups in total. The first kappa shape index (κ1) is 23.4. The molecule has 0 aliphatic heterocycles. The number of benzene rings is 2. The van der Waals surface area contributed by atoms with Crippen molar-refractivity contribution in [1.29, 1.82) is 0 Å². The number of thiazole rings is 1. The number of carbonyl (C=O) groups excluding carboxylic acids is 1. The van der Waals surface area contributed by atoms with Crippen molar-refractivity contribution >= 4 is 38.9 Å². The van der Waals surface area contributed by atoms with Crippen molar-refractivity contribution in [2.75, 3.05) is 13.1 Å². The monoisotopic (exact) mass is 477 g/mol. The first-order valence-corrected chi connectivity index (χ1v) is 12.7. The van der Waals surface area contributed by atoms with Crippen LogP contribution in [-0.4, -0.2) is 37.3 Å². The number of hydrogen-bond donors (Lipinski definition) is 1. The molecule has 31 heavy (non-hydrogen) atoms. The number of aromatic nitrogens is 1. The van der Waals surface area contributed by atoms with Crippen molar-refractivity contribution in [2.45, 2.75) is 31.6 Å². The molecule has 0 fully saturated rings. The van der Waals surface area contributed by atoms with Crippen molar-refractivity contribution in [3.8, 4) is 21.7 Å². The molecule has 0 radical (unpaired) electrons. The predicted octanol–water partition coefficient (Wildman–Crippen LogP) is 5.04. The summed E-state index contributed by atoms with van der Waals surface area (Å²) >= 11 is 7.33. The molecule has 3 aromatic rings. The van der Waals surface area contributed by atoms with Gasteiger partial charge in [-0.05, 0) is 42.7 Å². The van der Waals surface area contributed by atoms with Gasteiger partial charge < -0.3 is 4.90 Å². The van der Waals surface area contributed by atoms with Gasteiger partial charge in [-0.25, -0.2) is 18.5 Å². The van der Waals surface area contributed by atoms with Crippen LogP contribution in [0.3, 0.4) is 0 Å². The Morgan fingerprint density at radius 1 is 1.00 bits per heavy atom. The summed E-state index contributed by atoms with van der Waals surface area (Å²) in [7, 11) is -3.79. The number of rotatable bonds is 8. The molecule has 0 aliphatic carbocycles. The van der Waals surface area contributed by atoms with Crippen LogP contribution in [0.4, 0.5) is 0 Å². The molecule has 0 unspecified atom stereocenters. The minimum atomic E-state index is -3.79. The highest BCUT2D eigenvalue weighted by atomic mass is 35.5. The van der Waals surface area contributed by atoms with Gasteiger partial charge in [0.05, 0.1) is 15.5 Å². The van der Waals surface area contributed by atoms with Crippen molar-refractivity contribution in [3.05, 3.63) is 58.6 Å². The van der Waals surface area contributed by atoms with Crippen LogP contribution in [0.5, 0.6) is 0 Å². The number of hydrogen-bond acceptors (Lipinski definition) is 5. The number of sulfonamides is 1. The van der Waals surface area contributed by atoms with E-state index >= 15 is 0 Å². The number of amides is 1. The Morgan fingerprint density at radius 2 is 1.55 bits per heavy atom. The SMILES string of the molecule is CCCN(CCC)C(=O)c1nc(-c2ccc(Cl)cc2)c(-c2ccc(S(N)(=O)=O)cc2)s1. The maximum Gasteiger partial charge on any atom is 0.282 e. The Bertz CT molecular complexity index is 1150. The number of primary sulfonamides is 1. The lowest BCUT2D eigenvalue weighted by Gasteiger charge is -2.19. The van der Waals surface area contributed by atoms with Gasteiger partial charge in [-0.15, -0.1) is 11.3 Å². The van der Waals surface area contributed by atoms with Crippen LogP contribution in [0.15, 0.2) is 53.4 Å². The van der Waals surface area contributed by atoms with E-state index in [1.807, 2.05) is 30.9 Å². The van der Waals surface area contributed by atoms with Crippen molar-refractivity contribution in [1.82, 2.24) is 9.88 Å². The summed E-state index contributed by atoms with van der Waals surface area (Å²) in [5.41, 5.74) is 2.23. The largest absolute Gasteiger partial charge is 0.337 e. The van der Waals surface area contributed by atoms with Gasteiger partial charge in [0.25, 0.3) is 5.91 Å². The minimum absolute atomic E-state index is 0.0298. The quantitative estimate of drug-likeness (QED) is 0.491. The van der Waals surface area contributed by atoms with Crippen LogP contribution >= 0.6 is 22.9 Å². The standard InChI is InChI=1S/C22H24ClN3O3S2/c1-3-13-26(14-4-2)22(27)21-25-19(15-5-9-17(23)10-6-15)20(30-21)16-7-11-18(12-8-16)31(24,28)29/h5-12H,3-4,13-14H2,1-2H3,(H2,24,28,29). The molecule has 164 valence electrons. The zero-order chi connectivity index (χ0) is 22.6. The van der Waals surface area contributed by atoms with Crippen LogP contribution in [-0.2, 0) is 10.0 Å². The fourth-order valence-electron chi connectivity index (χ4n) is 3.20. The summed E-state index contributed by atoms with van der Waals surface area (Å²) < 4.78 is 23.2. The molecule has 0 spiro atoms. The van der Waals surface area contributed by atoms with Crippen molar-refractivity contribution in [2.24, 2.45) is 5.14 Å². The van der Waals surface area contributed by atoms with Gasteiger partial charge in [0.1, 0.15) is 0 Å². The molecule has 0 saturated heterocycles. The summed E-state index contributed by atoms with van der Waals surface area (Å²) in [6.07, 6.45) is 1.73. The maximum absolute atomic E-state index is 13.1. The Kier molecular flexibility index (Phi) is 7.48. The predicted molar refractivity (Wildman–Crippen MR) is 126 cm³/mol. The van der Waals surface area contributed by atoms with E-state index in [9.17, 15) is 13.2 Å². The molecule has 1 amide bonds. The van der Waals surface area contributed by atoms with Gasteiger partial charge in [0.15, 0.2) is 5.01 Å². The van der Waals surface area contributed by atoms with Gasteiger partial charge in [-0.3, -0.25) is 4.79 Å². The van der Waals surface area contributed by atoms with Crippen LogP contribution in [0, 0.1) is 0 Å². The number of nitrogens with zero attached hydrogens (tertiary/aromatic N) is 2. The van der Waals surface area contributed by atoms with Gasteiger partial charge in [0.2, 0.25) is 10.0 Å². The number of carbonyl (C=O) groups is 1. The highest BCUT2D eigenvalue weighted by Crippen LogP contribution is 2.38. The van der Waals surface area contributed by atoms with E-state index < -0.39 is 10.0 Å². The second kappa shape index (κ2) is 9.91. The average molecular weight is 478 g/mol. The van der Waals surface area contributed by atoms with Gasteiger partial charge in [-0.2, -0.15) is 0 Å². The molecule has 0 bridgehead atoms. The zero-order valence-electron chi connectivity index (χ0n) is 17.3. The van der Waals surface area contributed by atoms with E-state index in [4.69, 9.17) is 16.7 Å². The summed E-state index contributed by atoms with van der Waals surface area (Å²) in [5.74, 6) is -0.101. The first-order chi connectivity index (χ1) is 14.7. The Labute approximate surface area is 191 Å². The third kappa shape index (κ3) is 5.51. The lowest BCUT2D eigenvalue weighted by atomic mass is 10.1. The van der Waals surface area contributed by atoms with Crippen molar-refractivity contribution < 1.29 is 13.2 Å². The molecular formula is C22H24ClN3O3S2. The summed E-state index contributed by atoms with van der Waals surface area (Å²) in [6, 6.07) is 13.5. The highest BCUT2D eigenvalue weighted by Gasteiger charge is 2.23. The molecule has 1 heterocycles. The smallest absolute Gasteiger partial charge is 0.282 e. The number of halogens is 1. The normalized spacial score (nSPS) is 11.5. The van der Waals surface area contributed by atoms with E-state index in [1.165, 1.54) is 23.5 Å². The molecule has 3 rings (SSSR count). The fraction of sp³-hybridized carbons (Fsp3) is 0.273. The second-order valence-electron chi connectivity index (χ2n) is 7.07. The Balaban J connectivity index is 2.10. The van der Waals surface area contributed by atoms with E-state index in [2.05, 4.69) is 4.98 Å². The third-order valence-corrected chi connectivity index (χ3v) is 6.92. The topological polar surface area (TPSA) is 93.4 Å². The average Bonchev–Trinajstić information content (AvgIpc) is 3.18. The van der Waals surface area contributed by atoms with E-state index in [0.717, 1.165) is 28.8 Å². The van der Waals surface area contributed by atoms with Gasteiger partial charge in [-0.1, -0.05) is 49.7 Å². The van der Waals surface area contributed by atoms with Crippen molar-refractivity contribution in [3.63, 3.8) is 0 Å². The van der Waals surface area contributed by atoms with Gasteiger partial charge >= 0.3 is 0 Å². The molecule has 0 aliphatic rings. The van der Waals surface area contributed by atoms with Crippen LogP contribution in [0.2, 0.25) is 5.02 Å². The second-order valence-corrected chi connectivity index (χ2v) is 10.1. The summed E-state index contributed by atoms with van der Waals surface area (Å²) in [4.78, 5) is 20.5. The Hall–Kier alpha value is -2.26. The lowest BCUT2D eigenvalue weighted by Crippen LogP contribution is -2.32. The zero-order valence-corrected chi connectivity index (χ0v) is 19.7. The Morgan fingerprint density at radius 3 is 2.06 bits per heavy atom. The van der Waals surface area contributed by atoms with Crippen LogP contribution in [0.25, 0.3) is 21.7 Å². The van der Waals surface area contributed by atoms with Crippen LogP contribution < -0.4 is 5.14 Å². The lowest BCUT2D eigenvalue weighted by molar-refractivity contribution is 0.0755. The first-order valence-electron chi connectivity index (χ1n) is 9.93.